The van der Waals surface area contributed by atoms with E-state index in [4.69, 9.17) is 23.1 Å². The molecule has 0 aliphatic heterocycles. The van der Waals surface area contributed by atoms with Gasteiger partial charge in [-0.1, -0.05) is 17.5 Å². The van der Waals surface area contributed by atoms with Crippen LogP contribution in [0, 0.1) is 22.5 Å². The molecule has 0 radical (unpaired) electrons. The lowest BCUT2D eigenvalue weighted by Crippen LogP contribution is -2.08. The Kier molecular flexibility index (Phi) is 3.91. The number of hydrogen-bond acceptors (Lipinski definition) is 4. The smallest absolute Gasteiger partial charge is 0.338 e. The minimum absolute atomic E-state index is 0.0631. The molecule has 0 saturated carbocycles. The number of nitro groups is 1. The fourth-order valence-corrected chi connectivity index (χ4v) is 1.47. The first-order valence-electron chi connectivity index (χ1n) is 4.36. The molecule has 88 valence electrons. The number of rotatable bonds is 4. The van der Waals surface area contributed by atoms with Crippen LogP contribution in [0.2, 0.25) is 5.02 Å². The topological polar surface area (TPSA) is 92.5 Å². The molecule has 0 aliphatic carbocycles. The quantitative estimate of drug-likeness (QED) is 0.487. The number of non-ortho nitro benzene ring substituents is 1. The van der Waals surface area contributed by atoms with Crippen LogP contribution in [0.25, 0.3) is 0 Å². The molecule has 0 amide bonds. The fourth-order valence-electron chi connectivity index (χ4n) is 1.19. The summed E-state index contributed by atoms with van der Waals surface area (Å²) in [7, 11) is 0. The van der Waals surface area contributed by atoms with E-state index < -0.39 is 16.6 Å². The highest BCUT2D eigenvalue weighted by Crippen LogP contribution is 2.31. The van der Waals surface area contributed by atoms with Crippen molar-refractivity contribution in [2.45, 2.75) is 0 Å². The highest BCUT2D eigenvalue weighted by Gasteiger charge is 2.19. The SMILES string of the molecule is C#CCNc1c(Cl)cc([N+](=O)[O-])cc1C(=O)O. The number of hydrogen-bond donors (Lipinski definition) is 2. The summed E-state index contributed by atoms with van der Waals surface area (Å²) in [6, 6.07) is 1.99. The number of carbonyl (C=O) groups is 1. The second kappa shape index (κ2) is 5.18. The zero-order valence-electron chi connectivity index (χ0n) is 8.44. The van der Waals surface area contributed by atoms with Gasteiger partial charge in [-0.2, -0.15) is 0 Å². The average molecular weight is 255 g/mol. The third kappa shape index (κ3) is 2.86. The van der Waals surface area contributed by atoms with Crippen LogP contribution in [0.3, 0.4) is 0 Å². The molecule has 0 saturated heterocycles. The molecule has 1 aromatic carbocycles. The van der Waals surface area contributed by atoms with Gasteiger partial charge in [-0.15, -0.1) is 6.42 Å². The molecule has 0 fully saturated rings. The number of anilines is 1. The molecule has 0 heterocycles. The predicted molar refractivity (Wildman–Crippen MR) is 62.4 cm³/mol. The minimum atomic E-state index is -1.32. The standard InChI is InChI=1S/C10H7ClN2O4/c1-2-3-12-9-7(10(14)15)4-6(13(16)17)5-8(9)11/h1,4-5,12H,3H2,(H,14,15). The van der Waals surface area contributed by atoms with Gasteiger partial charge in [0.1, 0.15) is 0 Å². The van der Waals surface area contributed by atoms with Crippen molar-refractivity contribution in [3.05, 3.63) is 32.8 Å². The number of terminal acetylenes is 1. The van der Waals surface area contributed by atoms with Crippen LogP contribution in [-0.2, 0) is 0 Å². The Bertz CT molecular complexity index is 522. The van der Waals surface area contributed by atoms with Crippen molar-refractivity contribution in [2.24, 2.45) is 0 Å². The number of carboxylic acid groups (broad SMARTS) is 1. The first-order chi connectivity index (χ1) is 7.97. The van der Waals surface area contributed by atoms with Crippen molar-refractivity contribution in [1.82, 2.24) is 0 Å². The van der Waals surface area contributed by atoms with Crippen molar-refractivity contribution in [3.63, 3.8) is 0 Å². The van der Waals surface area contributed by atoms with E-state index >= 15 is 0 Å². The zero-order chi connectivity index (χ0) is 13.0. The third-order valence-electron chi connectivity index (χ3n) is 1.88. The summed E-state index contributed by atoms with van der Waals surface area (Å²) in [6.45, 7) is 0.0673. The summed E-state index contributed by atoms with van der Waals surface area (Å²) < 4.78 is 0. The molecule has 1 aromatic rings. The molecule has 0 bridgehead atoms. The summed E-state index contributed by atoms with van der Waals surface area (Å²) in [5.41, 5.74) is -0.610. The number of carboxylic acids is 1. The van der Waals surface area contributed by atoms with Crippen LogP contribution in [0.4, 0.5) is 11.4 Å². The van der Waals surface area contributed by atoms with Crippen molar-refractivity contribution in [3.8, 4) is 12.3 Å². The molecule has 6 nitrogen and oxygen atoms in total. The molecular weight excluding hydrogens is 248 g/mol. The van der Waals surface area contributed by atoms with Crippen molar-refractivity contribution >= 4 is 28.9 Å². The maximum Gasteiger partial charge on any atom is 0.338 e. The largest absolute Gasteiger partial charge is 0.478 e. The van der Waals surface area contributed by atoms with Crippen LogP contribution in [0.1, 0.15) is 10.4 Å². The van der Waals surface area contributed by atoms with E-state index in [2.05, 4.69) is 11.2 Å². The number of halogens is 1. The molecule has 1 rings (SSSR count). The monoisotopic (exact) mass is 254 g/mol. The normalized spacial score (nSPS) is 9.41. The lowest BCUT2D eigenvalue weighted by molar-refractivity contribution is -0.384. The molecule has 0 spiro atoms. The van der Waals surface area contributed by atoms with E-state index in [-0.39, 0.29) is 22.8 Å². The summed E-state index contributed by atoms with van der Waals surface area (Å²) >= 11 is 5.76. The predicted octanol–water partition coefficient (Wildman–Crippen LogP) is 1.99. The molecule has 0 atom stereocenters. The Morgan fingerprint density at radius 2 is 2.29 bits per heavy atom. The highest BCUT2D eigenvalue weighted by molar-refractivity contribution is 6.34. The van der Waals surface area contributed by atoms with Crippen LogP contribution in [0.5, 0.6) is 0 Å². The molecule has 7 heteroatoms. The third-order valence-corrected chi connectivity index (χ3v) is 2.18. The van der Waals surface area contributed by atoms with Crippen LogP contribution in [-0.4, -0.2) is 22.5 Å². The van der Waals surface area contributed by atoms with Gasteiger partial charge in [0.25, 0.3) is 5.69 Å². The molecule has 0 aliphatic rings. The maximum atomic E-state index is 10.9. The van der Waals surface area contributed by atoms with Gasteiger partial charge in [0.2, 0.25) is 0 Å². The van der Waals surface area contributed by atoms with Gasteiger partial charge < -0.3 is 10.4 Å². The van der Waals surface area contributed by atoms with E-state index in [1.54, 1.807) is 0 Å². The van der Waals surface area contributed by atoms with E-state index in [0.29, 0.717) is 0 Å². The molecule has 0 aromatic heterocycles. The van der Waals surface area contributed by atoms with Gasteiger partial charge in [0.05, 0.1) is 27.7 Å². The summed E-state index contributed by atoms with van der Waals surface area (Å²) in [4.78, 5) is 20.8. The Hall–Kier alpha value is -2.26. The minimum Gasteiger partial charge on any atom is -0.478 e. The molecular formula is C10H7ClN2O4. The van der Waals surface area contributed by atoms with Crippen molar-refractivity contribution in [2.75, 3.05) is 11.9 Å². The van der Waals surface area contributed by atoms with E-state index in [1.165, 1.54) is 0 Å². The van der Waals surface area contributed by atoms with Crippen molar-refractivity contribution in [1.29, 1.82) is 0 Å². The van der Waals surface area contributed by atoms with Gasteiger partial charge in [-0.3, -0.25) is 10.1 Å². The Balaban J connectivity index is 3.34. The first-order valence-corrected chi connectivity index (χ1v) is 4.73. The Labute approximate surface area is 101 Å². The number of benzene rings is 1. The van der Waals surface area contributed by atoms with Crippen LogP contribution >= 0.6 is 11.6 Å². The summed E-state index contributed by atoms with van der Waals surface area (Å²) in [6.07, 6.45) is 5.02. The highest BCUT2D eigenvalue weighted by atomic mass is 35.5. The number of nitrogens with one attached hydrogen (secondary N) is 1. The molecule has 0 unspecified atom stereocenters. The fraction of sp³-hybridized carbons (Fsp3) is 0.100. The van der Waals surface area contributed by atoms with E-state index in [1.807, 2.05) is 0 Å². The molecule has 17 heavy (non-hydrogen) atoms. The number of nitrogens with zero attached hydrogens (tertiary/aromatic N) is 1. The summed E-state index contributed by atoms with van der Waals surface area (Å²) in [5.74, 6) is 0.926. The average Bonchev–Trinajstić information content (AvgIpc) is 2.26. The Morgan fingerprint density at radius 3 is 2.76 bits per heavy atom. The first kappa shape index (κ1) is 12.8. The number of aromatic carboxylic acids is 1. The zero-order valence-corrected chi connectivity index (χ0v) is 9.19. The number of nitro benzene ring substituents is 1. The van der Waals surface area contributed by atoms with Gasteiger partial charge in [-0.25, -0.2) is 4.79 Å². The lowest BCUT2D eigenvalue weighted by Gasteiger charge is -2.09. The second-order valence-electron chi connectivity index (χ2n) is 2.97. The second-order valence-corrected chi connectivity index (χ2v) is 3.38. The van der Waals surface area contributed by atoms with Crippen LogP contribution < -0.4 is 5.32 Å². The van der Waals surface area contributed by atoms with Gasteiger partial charge >= 0.3 is 5.97 Å². The summed E-state index contributed by atoms with van der Waals surface area (Å²) in [5, 5.41) is 22.0. The molecule has 2 N–H and O–H groups in total. The van der Waals surface area contributed by atoms with Crippen molar-refractivity contribution < 1.29 is 14.8 Å². The van der Waals surface area contributed by atoms with Gasteiger partial charge in [0, 0.05) is 12.1 Å². The van der Waals surface area contributed by atoms with Gasteiger partial charge in [-0.05, 0) is 0 Å². The van der Waals surface area contributed by atoms with E-state index in [9.17, 15) is 14.9 Å². The Morgan fingerprint density at radius 1 is 1.65 bits per heavy atom. The van der Waals surface area contributed by atoms with E-state index in [0.717, 1.165) is 12.1 Å². The van der Waals surface area contributed by atoms with Crippen LogP contribution in [0.15, 0.2) is 12.1 Å². The lowest BCUT2D eigenvalue weighted by atomic mass is 10.1. The van der Waals surface area contributed by atoms with Gasteiger partial charge in [0.15, 0.2) is 0 Å². The maximum absolute atomic E-state index is 10.9.